The predicted octanol–water partition coefficient (Wildman–Crippen LogP) is 5.44. The van der Waals surface area contributed by atoms with Gasteiger partial charge in [-0.05, 0) is 65.9 Å². The van der Waals surface area contributed by atoms with Gasteiger partial charge in [0.1, 0.15) is 24.0 Å². The maximum atomic E-state index is 13.7. The van der Waals surface area contributed by atoms with Crippen molar-refractivity contribution in [2.45, 2.75) is 6.61 Å². The van der Waals surface area contributed by atoms with Crippen LogP contribution in [0.3, 0.4) is 0 Å². The van der Waals surface area contributed by atoms with Crippen LogP contribution in [0.1, 0.15) is 11.1 Å². The third-order valence-electron chi connectivity index (χ3n) is 4.22. The van der Waals surface area contributed by atoms with Gasteiger partial charge in [-0.15, -0.1) is 0 Å². The van der Waals surface area contributed by atoms with E-state index in [1.54, 1.807) is 42.5 Å². The van der Waals surface area contributed by atoms with Crippen LogP contribution >= 0.6 is 11.8 Å². The molecule has 7 heteroatoms. The minimum Gasteiger partial charge on any atom is -0.489 e. The Bertz CT molecular complexity index is 1140. The number of ether oxygens (including phenoxy) is 1. The third-order valence-corrected chi connectivity index (χ3v) is 5.13. The second-order valence-electron chi connectivity index (χ2n) is 6.41. The fourth-order valence-corrected chi connectivity index (χ4v) is 3.58. The lowest BCUT2D eigenvalue weighted by Crippen LogP contribution is -2.19. The summed E-state index contributed by atoms with van der Waals surface area (Å²) in [5.74, 6) is -0.364. The highest BCUT2D eigenvalue weighted by molar-refractivity contribution is 8.18. The van der Waals surface area contributed by atoms with Crippen molar-refractivity contribution in [2.24, 2.45) is 4.99 Å². The summed E-state index contributed by atoms with van der Waals surface area (Å²) in [6, 6.07) is 19.3. The second-order valence-corrected chi connectivity index (χ2v) is 7.44. The minimum atomic E-state index is -0.347. The lowest BCUT2D eigenvalue weighted by molar-refractivity contribution is -0.115. The Balaban J connectivity index is 1.46. The van der Waals surface area contributed by atoms with Gasteiger partial charge in [0.25, 0.3) is 5.91 Å². The molecule has 0 bridgehead atoms. The van der Waals surface area contributed by atoms with Gasteiger partial charge in [0.05, 0.1) is 10.6 Å². The highest BCUT2D eigenvalue weighted by Crippen LogP contribution is 2.29. The van der Waals surface area contributed by atoms with Crippen molar-refractivity contribution in [3.8, 4) is 5.75 Å². The van der Waals surface area contributed by atoms with E-state index in [4.69, 9.17) is 4.74 Å². The molecule has 0 saturated carbocycles. The molecule has 1 fully saturated rings. The van der Waals surface area contributed by atoms with Crippen molar-refractivity contribution in [3.05, 3.63) is 100 Å². The van der Waals surface area contributed by atoms with Gasteiger partial charge in [-0.2, -0.15) is 0 Å². The molecule has 0 aliphatic carbocycles. The molecule has 3 aromatic carbocycles. The molecule has 1 amide bonds. The lowest BCUT2D eigenvalue weighted by atomic mass is 10.2. The predicted molar refractivity (Wildman–Crippen MR) is 114 cm³/mol. The fraction of sp³-hybridized carbons (Fsp3) is 0.0435. The molecule has 0 atom stereocenters. The van der Waals surface area contributed by atoms with Crippen molar-refractivity contribution in [2.75, 3.05) is 0 Å². The number of aliphatic imine (C=N–C) groups is 1. The Labute approximate surface area is 176 Å². The summed E-state index contributed by atoms with van der Waals surface area (Å²) in [4.78, 5) is 17.0. The maximum absolute atomic E-state index is 13.7. The van der Waals surface area contributed by atoms with E-state index in [-0.39, 0.29) is 24.1 Å². The average Bonchev–Trinajstić information content (AvgIpc) is 3.08. The topological polar surface area (TPSA) is 50.7 Å². The van der Waals surface area contributed by atoms with Crippen molar-refractivity contribution in [1.82, 2.24) is 5.32 Å². The molecule has 0 unspecified atom stereocenters. The van der Waals surface area contributed by atoms with E-state index in [9.17, 15) is 13.6 Å². The van der Waals surface area contributed by atoms with Gasteiger partial charge in [-0.1, -0.05) is 30.3 Å². The number of amides is 1. The SMILES string of the molecule is O=C1NC(=Nc2ccc(F)cc2)S/C1=C/c1cccc(OCc2ccccc2F)c1. The molecule has 1 N–H and O–H groups in total. The largest absolute Gasteiger partial charge is 0.489 e. The van der Waals surface area contributed by atoms with Crippen LogP contribution in [0.15, 0.2) is 82.7 Å². The zero-order chi connectivity index (χ0) is 20.9. The van der Waals surface area contributed by atoms with Gasteiger partial charge in [0, 0.05) is 5.56 Å². The van der Waals surface area contributed by atoms with Crippen molar-refractivity contribution >= 4 is 34.6 Å². The van der Waals surface area contributed by atoms with Crippen LogP contribution in [0.5, 0.6) is 5.75 Å². The van der Waals surface area contributed by atoms with Gasteiger partial charge in [-0.25, -0.2) is 13.8 Å². The Morgan fingerprint density at radius 1 is 1.00 bits per heavy atom. The molecule has 0 spiro atoms. The van der Waals surface area contributed by atoms with E-state index in [2.05, 4.69) is 10.3 Å². The molecule has 1 aliphatic rings. The number of rotatable bonds is 5. The van der Waals surface area contributed by atoms with E-state index in [0.717, 1.165) is 5.56 Å². The fourth-order valence-electron chi connectivity index (χ4n) is 2.74. The Morgan fingerprint density at radius 3 is 2.60 bits per heavy atom. The van der Waals surface area contributed by atoms with Gasteiger partial charge in [0.2, 0.25) is 0 Å². The third kappa shape index (κ3) is 4.93. The monoisotopic (exact) mass is 422 g/mol. The summed E-state index contributed by atoms with van der Waals surface area (Å²) < 4.78 is 32.4. The summed E-state index contributed by atoms with van der Waals surface area (Å²) in [5, 5.41) is 3.12. The number of benzene rings is 3. The van der Waals surface area contributed by atoms with Crippen LogP contribution in [0.25, 0.3) is 6.08 Å². The summed E-state index contributed by atoms with van der Waals surface area (Å²) in [6.45, 7) is 0.108. The Hall–Kier alpha value is -3.45. The van der Waals surface area contributed by atoms with E-state index >= 15 is 0 Å². The number of nitrogens with zero attached hydrogens (tertiary/aromatic N) is 1. The van der Waals surface area contributed by atoms with E-state index in [0.29, 0.717) is 27.1 Å². The average molecular weight is 422 g/mol. The Kier molecular flexibility index (Phi) is 5.90. The van der Waals surface area contributed by atoms with Crippen LogP contribution in [0, 0.1) is 11.6 Å². The van der Waals surface area contributed by atoms with E-state index < -0.39 is 0 Å². The number of nitrogens with one attached hydrogen (secondary N) is 1. The highest BCUT2D eigenvalue weighted by atomic mass is 32.2. The quantitative estimate of drug-likeness (QED) is 0.558. The first kappa shape index (κ1) is 19.8. The van der Waals surface area contributed by atoms with Crippen LogP contribution in [0.4, 0.5) is 14.5 Å². The molecule has 0 aromatic heterocycles. The maximum Gasteiger partial charge on any atom is 0.264 e. The molecule has 4 rings (SSSR count). The Morgan fingerprint density at radius 2 is 1.80 bits per heavy atom. The second kappa shape index (κ2) is 8.92. The number of amidine groups is 1. The molecule has 3 aromatic rings. The molecule has 30 heavy (non-hydrogen) atoms. The van der Waals surface area contributed by atoms with E-state index in [1.165, 1.54) is 42.1 Å². The number of carbonyl (C=O) groups excluding carboxylic acids is 1. The van der Waals surface area contributed by atoms with Gasteiger partial charge < -0.3 is 10.1 Å². The first-order chi connectivity index (χ1) is 14.6. The lowest BCUT2D eigenvalue weighted by Gasteiger charge is -2.08. The molecule has 1 aliphatic heterocycles. The highest BCUT2D eigenvalue weighted by Gasteiger charge is 2.23. The molecule has 0 radical (unpaired) electrons. The zero-order valence-corrected chi connectivity index (χ0v) is 16.5. The molecular weight excluding hydrogens is 406 g/mol. The summed E-state index contributed by atoms with van der Waals surface area (Å²) in [5.41, 5.74) is 1.78. The van der Waals surface area contributed by atoms with Crippen LogP contribution in [-0.2, 0) is 11.4 Å². The first-order valence-electron chi connectivity index (χ1n) is 9.08. The number of hydrogen-bond donors (Lipinski definition) is 1. The van der Waals surface area contributed by atoms with Crippen molar-refractivity contribution < 1.29 is 18.3 Å². The summed E-state index contributed by atoms with van der Waals surface area (Å²) >= 11 is 1.20. The number of hydrogen-bond acceptors (Lipinski definition) is 4. The van der Waals surface area contributed by atoms with Gasteiger partial charge in [-0.3, -0.25) is 4.79 Å². The van der Waals surface area contributed by atoms with Gasteiger partial charge in [0.15, 0.2) is 5.17 Å². The molecule has 1 saturated heterocycles. The number of thioether (sulfide) groups is 1. The molecule has 150 valence electrons. The summed E-state index contributed by atoms with van der Waals surface area (Å²) in [7, 11) is 0. The number of halogens is 2. The first-order valence-corrected chi connectivity index (χ1v) is 9.90. The molecule has 4 nitrogen and oxygen atoms in total. The van der Waals surface area contributed by atoms with Crippen molar-refractivity contribution in [1.29, 1.82) is 0 Å². The van der Waals surface area contributed by atoms with Crippen LogP contribution in [-0.4, -0.2) is 11.1 Å². The van der Waals surface area contributed by atoms with Crippen LogP contribution in [0.2, 0.25) is 0 Å². The normalized spacial score (nSPS) is 16.1. The van der Waals surface area contributed by atoms with Gasteiger partial charge >= 0.3 is 0 Å². The standard InChI is InChI=1S/C23H16F2N2O2S/c24-17-8-10-18(11-9-17)26-23-27-22(28)21(30-23)13-15-4-3-6-19(12-15)29-14-16-5-1-2-7-20(16)25/h1-13H,14H2,(H,26,27,28)/b21-13+. The summed E-state index contributed by atoms with van der Waals surface area (Å²) in [6.07, 6.45) is 1.73. The minimum absolute atomic E-state index is 0.108. The van der Waals surface area contributed by atoms with Crippen molar-refractivity contribution in [3.63, 3.8) is 0 Å². The smallest absolute Gasteiger partial charge is 0.264 e. The number of carbonyl (C=O) groups is 1. The van der Waals surface area contributed by atoms with E-state index in [1.807, 2.05) is 6.07 Å². The molecular formula is C23H16F2N2O2S. The van der Waals surface area contributed by atoms with Crippen LogP contribution < -0.4 is 10.1 Å². The zero-order valence-electron chi connectivity index (χ0n) is 15.6. The molecule has 1 heterocycles.